The molecule has 0 saturated carbocycles. The summed E-state index contributed by atoms with van der Waals surface area (Å²) in [6.07, 6.45) is 0.341. The van der Waals surface area contributed by atoms with Gasteiger partial charge in [-0.1, -0.05) is 48.9 Å². The van der Waals surface area contributed by atoms with Crippen molar-refractivity contribution in [3.63, 3.8) is 0 Å². The van der Waals surface area contributed by atoms with E-state index in [1.165, 1.54) is 17.0 Å². The fourth-order valence-corrected chi connectivity index (χ4v) is 5.60. The number of sulfonamides is 1. The van der Waals surface area contributed by atoms with Crippen LogP contribution in [0.2, 0.25) is 5.02 Å². The van der Waals surface area contributed by atoms with Crippen molar-refractivity contribution >= 4 is 39.1 Å². The van der Waals surface area contributed by atoms with E-state index in [9.17, 15) is 18.0 Å². The number of methoxy groups -OCH3 is 1. The molecule has 2 amide bonds. The van der Waals surface area contributed by atoms with Crippen LogP contribution in [0, 0.1) is 0 Å². The van der Waals surface area contributed by atoms with Crippen molar-refractivity contribution in [1.82, 2.24) is 10.2 Å². The highest BCUT2D eigenvalue weighted by atomic mass is 35.5. The van der Waals surface area contributed by atoms with E-state index in [0.717, 1.165) is 9.87 Å². The number of carbonyl (C=O) groups is 2. The molecule has 0 heterocycles. The molecule has 1 N–H and O–H groups in total. The average Bonchev–Trinajstić information content (AvgIpc) is 2.92. The molecule has 38 heavy (non-hydrogen) atoms. The van der Waals surface area contributed by atoms with Gasteiger partial charge in [-0.2, -0.15) is 0 Å². The second kappa shape index (κ2) is 13.3. The van der Waals surface area contributed by atoms with Crippen LogP contribution < -0.4 is 14.4 Å². The zero-order valence-electron chi connectivity index (χ0n) is 21.6. The van der Waals surface area contributed by atoms with Crippen molar-refractivity contribution in [3.05, 3.63) is 89.4 Å². The molecule has 3 rings (SSSR count). The van der Waals surface area contributed by atoms with Gasteiger partial charge in [0.15, 0.2) is 0 Å². The van der Waals surface area contributed by atoms with E-state index >= 15 is 0 Å². The van der Waals surface area contributed by atoms with Gasteiger partial charge >= 0.3 is 0 Å². The van der Waals surface area contributed by atoms with Gasteiger partial charge in [-0.3, -0.25) is 13.9 Å². The van der Waals surface area contributed by atoms with Gasteiger partial charge in [0, 0.05) is 18.1 Å². The molecular formula is C28H32ClN3O5S. The number of amides is 2. The summed E-state index contributed by atoms with van der Waals surface area (Å²) in [6, 6.07) is 20.5. The maximum atomic E-state index is 13.9. The standard InChI is InChI=1S/C28H32ClN3O5S/c1-4-26(28(34)30-5-2)31(19-21-10-9-11-24(18-21)37-3)27(33)20-32(23-16-14-22(29)15-17-23)38(35,36)25-12-7-6-8-13-25/h6-18,26H,4-5,19-20H2,1-3H3,(H,30,34)/t26-/m1/s1. The SMILES string of the molecule is CCNC(=O)[C@@H](CC)N(Cc1cccc(OC)c1)C(=O)CN(c1ccc(Cl)cc1)S(=O)(=O)c1ccccc1. The zero-order valence-corrected chi connectivity index (χ0v) is 23.2. The van der Waals surface area contributed by atoms with E-state index in [0.29, 0.717) is 23.7 Å². The van der Waals surface area contributed by atoms with Crippen LogP contribution in [0.15, 0.2) is 83.8 Å². The maximum Gasteiger partial charge on any atom is 0.264 e. The van der Waals surface area contributed by atoms with Gasteiger partial charge in [0.1, 0.15) is 18.3 Å². The van der Waals surface area contributed by atoms with Crippen molar-refractivity contribution in [3.8, 4) is 5.75 Å². The third-order valence-electron chi connectivity index (χ3n) is 5.95. The van der Waals surface area contributed by atoms with Gasteiger partial charge in [0.05, 0.1) is 17.7 Å². The summed E-state index contributed by atoms with van der Waals surface area (Å²) in [4.78, 5) is 28.4. The molecule has 0 aromatic heterocycles. The number of carbonyl (C=O) groups excluding carboxylic acids is 2. The van der Waals surface area contributed by atoms with E-state index in [1.807, 2.05) is 13.0 Å². The van der Waals surface area contributed by atoms with Crippen molar-refractivity contribution in [2.45, 2.75) is 37.8 Å². The first-order chi connectivity index (χ1) is 18.2. The maximum absolute atomic E-state index is 13.9. The zero-order chi connectivity index (χ0) is 27.7. The Bertz CT molecular complexity index is 1330. The summed E-state index contributed by atoms with van der Waals surface area (Å²) in [6.45, 7) is 3.58. The minimum Gasteiger partial charge on any atom is -0.497 e. The molecular weight excluding hydrogens is 526 g/mol. The number of halogens is 1. The van der Waals surface area contributed by atoms with Crippen LogP contribution in [0.3, 0.4) is 0 Å². The highest BCUT2D eigenvalue weighted by Crippen LogP contribution is 2.26. The van der Waals surface area contributed by atoms with Crippen molar-refractivity contribution in [2.24, 2.45) is 0 Å². The van der Waals surface area contributed by atoms with Crippen LogP contribution in [0.5, 0.6) is 5.75 Å². The number of likely N-dealkylation sites (N-methyl/N-ethyl adjacent to an activating group) is 1. The highest BCUT2D eigenvalue weighted by molar-refractivity contribution is 7.92. The molecule has 0 aliphatic carbocycles. The smallest absolute Gasteiger partial charge is 0.264 e. The van der Waals surface area contributed by atoms with Gasteiger partial charge in [0.25, 0.3) is 10.0 Å². The van der Waals surface area contributed by atoms with E-state index < -0.39 is 28.5 Å². The Balaban J connectivity index is 2.05. The number of hydrogen-bond donors (Lipinski definition) is 1. The molecule has 8 nitrogen and oxygen atoms in total. The third kappa shape index (κ3) is 7.05. The molecule has 3 aromatic rings. The van der Waals surface area contributed by atoms with Crippen LogP contribution >= 0.6 is 11.6 Å². The number of rotatable bonds is 12. The number of hydrogen-bond acceptors (Lipinski definition) is 5. The van der Waals surface area contributed by atoms with E-state index in [2.05, 4.69) is 5.32 Å². The van der Waals surface area contributed by atoms with Crippen molar-refractivity contribution in [2.75, 3.05) is 24.5 Å². The Hall–Kier alpha value is -3.56. The van der Waals surface area contributed by atoms with Gasteiger partial charge in [-0.25, -0.2) is 8.42 Å². The second-order valence-electron chi connectivity index (χ2n) is 8.49. The number of anilines is 1. The molecule has 0 aliphatic rings. The summed E-state index contributed by atoms with van der Waals surface area (Å²) < 4.78 is 33.8. The molecule has 0 saturated heterocycles. The minimum atomic E-state index is -4.12. The molecule has 0 spiro atoms. The quantitative estimate of drug-likeness (QED) is 0.354. The molecule has 0 fully saturated rings. The predicted molar refractivity (Wildman–Crippen MR) is 149 cm³/mol. The molecule has 0 bridgehead atoms. The van der Waals surface area contributed by atoms with Crippen LogP contribution in [0.1, 0.15) is 25.8 Å². The Morgan fingerprint density at radius 1 is 0.974 bits per heavy atom. The second-order valence-corrected chi connectivity index (χ2v) is 10.8. The number of benzene rings is 3. The summed E-state index contributed by atoms with van der Waals surface area (Å²) in [5, 5.41) is 3.21. The molecule has 0 unspecified atom stereocenters. The van der Waals surface area contributed by atoms with Gasteiger partial charge in [-0.05, 0) is 67.4 Å². The van der Waals surface area contributed by atoms with Crippen molar-refractivity contribution < 1.29 is 22.7 Å². The van der Waals surface area contributed by atoms with E-state index in [1.54, 1.807) is 74.7 Å². The summed E-state index contributed by atoms with van der Waals surface area (Å²) in [7, 11) is -2.57. The minimum absolute atomic E-state index is 0.0397. The Morgan fingerprint density at radius 2 is 1.66 bits per heavy atom. The fourth-order valence-electron chi connectivity index (χ4n) is 4.03. The Labute approximate surface area is 229 Å². The normalized spacial score (nSPS) is 11.9. The summed E-state index contributed by atoms with van der Waals surface area (Å²) >= 11 is 6.05. The van der Waals surface area contributed by atoms with Crippen molar-refractivity contribution in [1.29, 1.82) is 0 Å². The van der Waals surface area contributed by atoms with Gasteiger partial charge in [0.2, 0.25) is 11.8 Å². The average molecular weight is 558 g/mol. The molecule has 3 aromatic carbocycles. The molecule has 1 atom stereocenters. The molecule has 0 aliphatic heterocycles. The van der Waals surface area contributed by atoms with Gasteiger partial charge < -0.3 is 15.0 Å². The largest absolute Gasteiger partial charge is 0.497 e. The lowest BCUT2D eigenvalue weighted by Gasteiger charge is -2.33. The monoisotopic (exact) mass is 557 g/mol. The topological polar surface area (TPSA) is 96.0 Å². The Morgan fingerprint density at radius 3 is 2.26 bits per heavy atom. The lowest BCUT2D eigenvalue weighted by Crippen LogP contribution is -2.52. The first kappa shape index (κ1) is 29.0. The van der Waals surface area contributed by atoms with Crippen LogP contribution in [-0.4, -0.2) is 51.4 Å². The van der Waals surface area contributed by atoms with Crippen LogP contribution in [0.4, 0.5) is 5.69 Å². The van der Waals surface area contributed by atoms with Crippen LogP contribution in [0.25, 0.3) is 0 Å². The first-order valence-corrected chi connectivity index (χ1v) is 14.1. The lowest BCUT2D eigenvalue weighted by molar-refractivity contribution is -0.140. The summed E-state index contributed by atoms with van der Waals surface area (Å²) in [5.74, 6) is -0.231. The number of nitrogens with one attached hydrogen (secondary N) is 1. The van der Waals surface area contributed by atoms with Crippen LogP contribution in [-0.2, 0) is 26.2 Å². The molecule has 0 radical (unpaired) electrons. The lowest BCUT2D eigenvalue weighted by atomic mass is 10.1. The predicted octanol–water partition coefficient (Wildman–Crippen LogP) is 4.49. The number of ether oxygens (including phenoxy) is 1. The number of nitrogens with zero attached hydrogens (tertiary/aromatic N) is 2. The first-order valence-electron chi connectivity index (χ1n) is 12.2. The molecule has 202 valence electrons. The highest BCUT2D eigenvalue weighted by Gasteiger charge is 2.33. The van der Waals surface area contributed by atoms with E-state index in [4.69, 9.17) is 16.3 Å². The van der Waals surface area contributed by atoms with Gasteiger partial charge in [-0.15, -0.1) is 0 Å². The van der Waals surface area contributed by atoms with E-state index in [-0.39, 0.29) is 23.0 Å². The summed E-state index contributed by atoms with van der Waals surface area (Å²) in [5.41, 5.74) is 1.02. The Kier molecular flexibility index (Phi) is 10.2. The fraction of sp³-hybridized carbons (Fsp3) is 0.286. The molecule has 10 heteroatoms. The third-order valence-corrected chi connectivity index (χ3v) is 7.99.